The van der Waals surface area contributed by atoms with Crippen LogP contribution in [0, 0.1) is 11.8 Å². The highest BCUT2D eigenvalue weighted by Crippen LogP contribution is 2.40. The number of hydrogen-bond donors (Lipinski definition) is 1. The van der Waals surface area contributed by atoms with E-state index in [1.165, 1.54) is 37.4 Å². The van der Waals surface area contributed by atoms with Crippen molar-refractivity contribution in [3.63, 3.8) is 0 Å². The van der Waals surface area contributed by atoms with E-state index in [2.05, 4.69) is 5.32 Å². The third-order valence-corrected chi connectivity index (χ3v) is 5.99. The Morgan fingerprint density at radius 2 is 1.71 bits per heavy atom. The van der Waals surface area contributed by atoms with Gasteiger partial charge in [-0.15, -0.1) is 0 Å². The van der Waals surface area contributed by atoms with Crippen LogP contribution >= 0.6 is 23.2 Å². The molecule has 5 nitrogen and oxygen atoms in total. The Hall–Kier alpha value is -2.45. The van der Waals surface area contributed by atoms with Crippen LogP contribution in [-0.4, -0.2) is 31.8 Å². The van der Waals surface area contributed by atoms with E-state index in [1.807, 2.05) is 0 Å². The summed E-state index contributed by atoms with van der Waals surface area (Å²) in [6.45, 7) is 4.58. The van der Waals surface area contributed by atoms with E-state index in [0.29, 0.717) is 12.0 Å². The van der Waals surface area contributed by atoms with E-state index in [0.717, 1.165) is 6.92 Å². The molecule has 0 heterocycles. The summed E-state index contributed by atoms with van der Waals surface area (Å²) in [6, 6.07) is 8.77. The largest absolute Gasteiger partial charge is 0.495 e. The highest BCUT2D eigenvalue weighted by atomic mass is 35.5. The van der Waals surface area contributed by atoms with Gasteiger partial charge < -0.3 is 14.8 Å². The number of ether oxygens (including phenoxy) is 2. The number of hydrogen-bond acceptors (Lipinski definition) is 4. The molecule has 1 amide bonds. The van der Waals surface area contributed by atoms with E-state index < -0.39 is 29.8 Å². The molecular weight excluding hydrogens is 494 g/mol. The maximum Gasteiger partial charge on any atom is 0.392 e. The van der Waals surface area contributed by atoms with Crippen LogP contribution < -0.4 is 10.1 Å². The topological polar surface area (TPSA) is 64.6 Å². The fourth-order valence-corrected chi connectivity index (χ4v) is 3.81. The van der Waals surface area contributed by atoms with Crippen LogP contribution in [0.1, 0.15) is 37.8 Å². The number of esters is 1. The molecule has 2 aromatic carbocycles. The highest BCUT2D eigenvalue weighted by Gasteiger charge is 2.45. The molecule has 34 heavy (non-hydrogen) atoms. The van der Waals surface area contributed by atoms with Gasteiger partial charge in [-0.2, -0.15) is 13.2 Å². The Balaban J connectivity index is 2.37. The van der Waals surface area contributed by atoms with Crippen LogP contribution in [0.4, 0.5) is 18.9 Å². The molecule has 10 heteroatoms. The third kappa shape index (κ3) is 7.03. The molecule has 2 aromatic rings. The van der Waals surface area contributed by atoms with Gasteiger partial charge in [0.25, 0.3) is 0 Å². The van der Waals surface area contributed by atoms with Gasteiger partial charge in [0.15, 0.2) is 0 Å². The Bertz CT molecular complexity index is 1030. The van der Waals surface area contributed by atoms with Crippen LogP contribution in [0.15, 0.2) is 36.4 Å². The molecule has 0 radical (unpaired) electrons. The SMILES string of the molecule is CCOC(=O)[C@@H](C)Cc1ccc(Cl)c(NC(=O)[C@H](c2ccc(Cl)c(OC)c2)[C@@H](C)C(F)(F)F)c1. The predicted octanol–water partition coefficient (Wildman–Crippen LogP) is 6.66. The second-order valence-corrected chi connectivity index (χ2v) is 8.68. The van der Waals surface area contributed by atoms with Crippen molar-refractivity contribution in [2.24, 2.45) is 11.8 Å². The molecule has 0 saturated carbocycles. The lowest BCUT2D eigenvalue weighted by Gasteiger charge is -2.26. The summed E-state index contributed by atoms with van der Waals surface area (Å²) in [7, 11) is 1.33. The Morgan fingerprint density at radius 3 is 2.29 bits per heavy atom. The number of anilines is 1. The van der Waals surface area contributed by atoms with Crippen LogP contribution in [0.25, 0.3) is 0 Å². The van der Waals surface area contributed by atoms with Gasteiger partial charge >= 0.3 is 12.1 Å². The summed E-state index contributed by atoms with van der Waals surface area (Å²) in [5.41, 5.74) is 0.890. The number of methoxy groups -OCH3 is 1. The van der Waals surface area contributed by atoms with E-state index in [-0.39, 0.29) is 39.6 Å². The standard InChI is InChI=1S/C24H26Cl2F3NO4/c1-5-34-23(32)13(2)10-15-6-8-17(25)19(11-15)30-22(31)21(14(3)24(27,28)29)16-7-9-18(26)20(12-16)33-4/h6-9,11-14,21H,5,10H2,1-4H3,(H,30,31)/t13-,14+,21-/m0/s1. The van der Waals surface area contributed by atoms with Crippen LogP contribution in [0.5, 0.6) is 5.75 Å². The van der Waals surface area contributed by atoms with Gasteiger partial charge in [-0.3, -0.25) is 9.59 Å². The number of rotatable bonds is 9. The lowest BCUT2D eigenvalue weighted by atomic mass is 9.85. The summed E-state index contributed by atoms with van der Waals surface area (Å²) in [6.07, 6.45) is -4.34. The molecule has 2 rings (SSSR count). The number of nitrogens with one attached hydrogen (secondary N) is 1. The second kappa shape index (κ2) is 11.8. The van der Waals surface area contributed by atoms with Crippen LogP contribution in [0.2, 0.25) is 10.0 Å². The monoisotopic (exact) mass is 519 g/mol. The van der Waals surface area contributed by atoms with Gasteiger partial charge in [-0.05, 0) is 48.7 Å². The minimum Gasteiger partial charge on any atom is -0.495 e. The fourth-order valence-electron chi connectivity index (χ4n) is 3.45. The van der Waals surface area contributed by atoms with Crippen molar-refractivity contribution in [2.45, 2.75) is 39.3 Å². The first kappa shape index (κ1) is 27.8. The normalized spacial score (nSPS) is 14.1. The average molecular weight is 520 g/mol. The Labute approximate surface area is 206 Å². The average Bonchev–Trinajstić information content (AvgIpc) is 2.76. The third-order valence-electron chi connectivity index (χ3n) is 5.35. The number of amides is 1. The Kier molecular flexibility index (Phi) is 9.64. The van der Waals surface area contributed by atoms with E-state index >= 15 is 0 Å². The molecular formula is C24H26Cl2F3NO4. The van der Waals surface area contributed by atoms with Gasteiger partial charge in [0.1, 0.15) is 5.75 Å². The van der Waals surface area contributed by atoms with Gasteiger partial charge in [0.05, 0.1) is 47.2 Å². The molecule has 0 aliphatic heterocycles. The number of benzene rings is 2. The minimum absolute atomic E-state index is 0.0896. The molecule has 3 atom stereocenters. The molecule has 1 N–H and O–H groups in total. The van der Waals surface area contributed by atoms with Crippen molar-refractivity contribution in [3.05, 3.63) is 57.6 Å². The molecule has 0 saturated heterocycles. The van der Waals surface area contributed by atoms with E-state index in [4.69, 9.17) is 32.7 Å². The quantitative estimate of drug-likeness (QED) is 0.376. The summed E-state index contributed by atoms with van der Waals surface area (Å²) in [4.78, 5) is 25.1. The first-order chi connectivity index (χ1) is 15.9. The lowest BCUT2D eigenvalue weighted by Crippen LogP contribution is -2.34. The molecule has 0 bridgehead atoms. The van der Waals surface area contributed by atoms with Crippen molar-refractivity contribution >= 4 is 40.8 Å². The fraction of sp³-hybridized carbons (Fsp3) is 0.417. The van der Waals surface area contributed by atoms with Gasteiger partial charge in [-0.25, -0.2) is 0 Å². The number of halogens is 5. The van der Waals surface area contributed by atoms with Gasteiger partial charge in [0, 0.05) is 0 Å². The first-order valence-corrected chi connectivity index (χ1v) is 11.3. The Morgan fingerprint density at radius 1 is 1.06 bits per heavy atom. The zero-order chi connectivity index (χ0) is 25.6. The van der Waals surface area contributed by atoms with E-state index in [1.54, 1.807) is 19.9 Å². The highest BCUT2D eigenvalue weighted by molar-refractivity contribution is 6.33. The summed E-state index contributed by atoms with van der Waals surface area (Å²) in [5.74, 6) is -5.18. The molecule has 0 aliphatic carbocycles. The zero-order valence-electron chi connectivity index (χ0n) is 19.1. The molecule has 0 spiro atoms. The first-order valence-electron chi connectivity index (χ1n) is 10.5. The van der Waals surface area contributed by atoms with Crippen molar-refractivity contribution in [3.8, 4) is 5.75 Å². The summed E-state index contributed by atoms with van der Waals surface area (Å²) >= 11 is 12.2. The molecule has 0 fully saturated rings. The number of carbonyl (C=O) groups is 2. The van der Waals surface area contributed by atoms with Gasteiger partial charge in [0.2, 0.25) is 5.91 Å². The molecule has 186 valence electrons. The minimum atomic E-state index is -4.64. The molecule has 0 aromatic heterocycles. The lowest BCUT2D eigenvalue weighted by molar-refractivity contribution is -0.178. The second-order valence-electron chi connectivity index (χ2n) is 7.86. The van der Waals surface area contributed by atoms with Crippen LogP contribution in [-0.2, 0) is 20.7 Å². The molecule has 0 unspecified atom stereocenters. The summed E-state index contributed by atoms with van der Waals surface area (Å²) < 4.78 is 51.1. The van der Waals surface area contributed by atoms with Crippen molar-refractivity contribution < 1.29 is 32.2 Å². The van der Waals surface area contributed by atoms with Crippen LogP contribution in [0.3, 0.4) is 0 Å². The van der Waals surface area contributed by atoms with E-state index in [9.17, 15) is 22.8 Å². The predicted molar refractivity (Wildman–Crippen MR) is 126 cm³/mol. The van der Waals surface area contributed by atoms with Crippen molar-refractivity contribution in [1.82, 2.24) is 0 Å². The zero-order valence-corrected chi connectivity index (χ0v) is 20.6. The maximum absolute atomic E-state index is 13.7. The van der Waals surface area contributed by atoms with Gasteiger partial charge in [-0.1, -0.05) is 49.2 Å². The summed E-state index contributed by atoms with van der Waals surface area (Å²) in [5, 5.41) is 2.87. The number of carbonyl (C=O) groups excluding carboxylic acids is 2. The molecule has 0 aliphatic rings. The van der Waals surface area contributed by atoms with Crippen molar-refractivity contribution in [1.29, 1.82) is 0 Å². The maximum atomic E-state index is 13.7. The smallest absolute Gasteiger partial charge is 0.392 e. The van der Waals surface area contributed by atoms with Crippen molar-refractivity contribution in [2.75, 3.05) is 19.0 Å². The number of alkyl halides is 3.